The van der Waals surface area contributed by atoms with Gasteiger partial charge in [0.05, 0.1) is 11.9 Å². The number of anilines is 2. The second-order valence-corrected chi connectivity index (χ2v) is 6.65. The molecule has 2 N–H and O–H groups in total. The van der Waals surface area contributed by atoms with Crippen molar-refractivity contribution in [1.29, 1.82) is 0 Å². The summed E-state index contributed by atoms with van der Waals surface area (Å²) in [5.41, 5.74) is 0.693. The van der Waals surface area contributed by atoms with E-state index in [9.17, 15) is 9.59 Å². The zero-order valence-electron chi connectivity index (χ0n) is 15.3. The van der Waals surface area contributed by atoms with E-state index in [0.29, 0.717) is 23.9 Å². The molecule has 1 heterocycles. The van der Waals surface area contributed by atoms with Crippen molar-refractivity contribution >= 4 is 23.5 Å². The monoisotopic (exact) mass is 357 g/mol. The molecule has 0 fully saturated rings. The van der Waals surface area contributed by atoms with Crippen LogP contribution < -0.4 is 15.4 Å². The molecule has 1 aromatic carbocycles. The fraction of sp³-hybridized carbons (Fsp3) is 0.316. The SMILES string of the molecule is CC(=O)Nc1cc(NC(=O)OC(C)(C)C)c(OCc2ccccc2)cn1. The van der Waals surface area contributed by atoms with E-state index in [1.165, 1.54) is 19.2 Å². The van der Waals surface area contributed by atoms with Crippen LogP contribution in [-0.4, -0.2) is 22.6 Å². The molecule has 2 rings (SSSR count). The lowest BCUT2D eigenvalue weighted by Crippen LogP contribution is -2.27. The summed E-state index contributed by atoms with van der Waals surface area (Å²) in [7, 11) is 0. The standard InChI is InChI=1S/C19H23N3O4/c1-13(23)21-17-10-15(22-18(24)26-19(2,3)4)16(11-20-17)25-12-14-8-6-5-7-9-14/h5-11H,12H2,1-4H3,(H2,20,21,22,23,24). The van der Waals surface area contributed by atoms with Crippen LogP contribution in [0.4, 0.5) is 16.3 Å². The summed E-state index contributed by atoms with van der Waals surface area (Å²) in [6.07, 6.45) is 0.822. The van der Waals surface area contributed by atoms with E-state index in [1.807, 2.05) is 30.3 Å². The van der Waals surface area contributed by atoms with Crippen LogP contribution in [0.25, 0.3) is 0 Å². The van der Waals surface area contributed by atoms with E-state index in [-0.39, 0.29) is 5.91 Å². The van der Waals surface area contributed by atoms with E-state index >= 15 is 0 Å². The Labute approximate surface area is 152 Å². The molecule has 0 atom stereocenters. The van der Waals surface area contributed by atoms with Crippen molar-refractivity contribution in [3.8, 4) is 5.75 Å². The number of rotatable bonds is 5. The third kappa shape index (κ3) is 6.43. The van der Waals surface area contributed by atoms with Crippen LogP contribution in [0.2, 0.25) is 0 Å². The molecule has 26 heavy (non-hydrogen) atoms. The van der Waals surface area contributed by atoms with Crippen LogP contribution in [0.15, 0.2) is 42.6 Å². The molecule has 0 unspecified atom stereocenters. The number of hydrogen-bond donors (Lipinski definition) is 2. The molecule has 0 aliphatic carbocycles. The van der Waals surface area contributed by atoms with Gasteiger partial charge in [-0.3, -0.25) is 10.1 Å². The van der Waals surface area contributed by atoms with Crippen molar-refractivity contribution in [2.24, 2.45) is 0 Å². The second kappa shape index (κ2) is 8.33. The highest BCUT2D eigenvalue weighted by Crippen LogP contribution is 2.27. The summed E-state index contributed by atoms with van der Waals surface area (Å²) >= 11 is 0. The largest absolute Gasteiger partial charge is 0.485 e. The summed E-state index contributed by atoms with van der Waals surface area (Å²) in [4.78, 5) is 27.5. The van der Waals surface area contributed by atoms with E-state index in [4.69, 9.17) is 9.47 Å². The fourth-order valence-corrected chi connectivity index (χ4v) is 2.05. The second-order valence-electron chi connectivity index (χ2n) is 6.65. The van der Waals surface area contributed by atoms with Crippen LogP contribution in [0, 0.1) is 0 Å². The number of nitrogens with zero attached hydrogens (tertiary/aromatic N) is 1. The van der Waals surface area contributed by atoms with Crippen LogP contribution in [0.1, 0.15) is 33.3 Å². The minimum absolute atomic E-state index is 0.265. The van der Waals surface area contributed by atoms with Gasteiger partial charge in [0.15, 0.2) is 5.75 Å². The summed E-state index contributed by atoms with van der Waals surface area (Å²) in [6, 6.07) is 11.1. The summed E-state index contributed by atoms with van der Waals surface area (Å²) in [6.45, 7) is 7.01. The van der Waals surface area contributed by atoms with Crippen molar-refractivity contribution < 1.29 is 19.1 Å². The van der Waals surface area contributed by atoms with Crippen molar-refractivity contribution in [2.75, 3.05) is 10.6 Å². The smallest absolute Gasteiger partial charge is 0.412 e. The third-order valence-corrected chi connectivity index (χ3v) is 3.04. The van der Waals surface area contributed by atoms with E-state index in [0.717, 1.165) is 5.56 Å². The maximum Gasteiger partial charge on any atom is 0.412 e. The predicted octanol–water partition coefficient (Wildman–Crippen LogP) is 3.97. The van der Waals surface area contributed by atoms with Gasteiger partial charge in [0, 0.05) is 13.0 Å². The molecule has 138 valence electrons. The van der Waals surface area contributed by atoms with Gasteiger partial charge in [-0.15, -0.1) is 0 Å². The molecule has 0 radical (unpaired) electrons. The highest BCUT2D eigenvalue weighted by atomic mass is 16.6. The Morgan fingerprint density at radius 3 is 2.42 bits per heavy atom. The first kappa shape index (κ1) is 19.2. The molecule has 2 amide bonds. The molecule has 0 bridgehead atoms. The van der Waals surface area contributed by atoms with Gasteiger partial charge in [-0.05, 0) is 26.3 Å². The molecule has 0 spiro atoms. The van der Waals surface area contributed by atoms with Crippen molar-refractivity contribution in [3.63, 3.8) is 0 Å². The minimum Gasteiger partial charge on any atom is -0.485 e. The lowest BCUT2D eigenvalue weighted by atomic mass is 10.2. The Morgan fingerprint density at radius 1 is 1.12 bits per heavy atom. The average Bonchev–Trinajstić information content (AvgIpc) is 2.52. The molecule has 0 saturated carbocycles. The van der Waals surface area contributed by atoms with Gasteiger partial charge < -0.3 is 14.8 Å². The van der Waals surface area contributed by atoms with Gasteiger partial charge in [0.1, 0.15) is 18.0 Å². The summed E-state index contributed by atoms with van der Waals surface area (Å²) in [5, 5.41) is 5.21. The maximum absolute atomic E-state index is 12.1. The predicted molar refractivity (Wildman–Crippen MR) is 99.2 cm³/mol. The zero-order chi connectivity index (χ0) is 19.2. The quantitative estimate of drug-likeness (QED) is 0.845. The van der Waals surface area contributed by atoms with Crippen LogP contribution >= 0.6 is 0 Å². The Bertz CT molecular complexity index is 770. The molecule has 7 heteroatoms. The number of amides is 2. The van der Waals surface area contributed by atoms with Gasteiger partial charge in [0.2, 0.25) is 5.91 Å². The molecule has 0 aliphatic heterocycles. The number of carbonyl (C=O) groups is 2. The van der Waals surface area contributed by atoms with E-state index in [2.05, 4.69) is 15.6 Å². The van der Waals surface area contributed by atoms with Gasteiger partial charge in [-0.2, -0.15) is 0 Å². The number of aromatic nitrogens is 1. The van der Waals surface area contributed by atoms with Gasteiger partial charge in [-0.1, -0.05) is 30.3 Å². The first-order valence-corrected chi connectivity index (χ1v) is 8.17. The normalized spacial score (nSPS) is 10.8. The molecule has 7 nitrogen and oxygen atoms in total. The van der Waals surface area contributed by atoms with Gasteiger partial charge >= 0.3 is 6.09 Å². The van der Waals surface area contributed by atoms with E-state index in [1.54, 1.807) is 20.8 Å². The van der Waals surface area contributed by atoms with Crippen molar-refractivity contribution in [2.45, 2.75) is 39.9 Å². The number of nitrogens with one attached hydrogen (secondary N) is 2. The lowest BCUT2D eigenvalue weighted by molar-refractivity contribution is -0.114. The fourth-order valence-electron chi connectivity index (χ4n) is 2.05. The summed E-state index contributed by atoms with van der Waals surface area (Å²) < 4.78 is 11.0. The Kier molecular flexibility index (Phi) is 6.16. The van der Waals surface area contributed by atoms with Gasteiger partial charge in [-0.25, -0.2) is 9.78 Å². The number of pyridine rings is 1. The zero-order valence-corrected chi connectivity index (χ0v) is 15.3. The lowest BCUT2D eigenvalue weighted by Gasteiger charge is -2.20. The molecular weight excluding hydrogens is 334 g/mol. The van der Waals surface area contributed by atoms with Crippen molar-refractivity contribution in [3.05, 3.63) is 48.2 Å². The first-order valence-electron chi connectivity index (χ1n) is 8.17. The number of hydrogen-bond acceptors (Lipinski definition) is 5. The summed E-state index contributed by atoms with van der Waals surface area (Å²) in [5.74, 6) is 0.406. The van der Waals surface area contributed by atoms with Crippen molar-refractivity contribution in [1.82, 2.24) is 4.98 Å². The van der Waals surface area contributed by atoms with Crippen LogP contribution in [0.5, 0.6) is 5.75 Å². The van der Waals surface area contributed by atoms with Crippen LogP contribution in [0.3, 0.4) is 0 Å². The number of ether oxygens (including phenoxy) is 2. The number of benzene rings is 1. The molecule has 2 aromatic rings. The molecule has 0 aliphatic rings. The number of carbonyl (C=O) groups excluding carboxylic acids is 2. The first-order chi connectivity index (χ1) is 12.2. The highest BCUT2D eigenvalue weighted by Gasteiger charge is 2.18. The Balaban J connectivity index is 2.19. The third-order valence-electron chi connectivity index (χ3n) is 3.04. The molecule has 0 saturated heterocycles. The van der Waals surface area contributed by atoms with Gasteiger partial charge in [0.25, 0.3) is 0 Å². The topological polar surface area (TPSA) is 89.6 Å². The Hall–Kier alpha value is -3.09. The molecule has 1 aromatic heterocycles. The van der Waals surface area contributed by atoms with E-state index < -0.39 is 11.7 Å². The highest BCUT2D eigenvalue weighted by molar-refractivity contribution is 5.91. The molecular formula is C19H23N3O4. The maximum atomic E-state index is 12.1. The average molecular weight is 357 g/mol. The Morgan fingerprint density at radius 2 is 1.81 bits per heavy atom. The minimum atomic E-state index is -0.636. The van der Waals surface area contributed by atoms with Crippen LogP contribution in [-0.2, 0) is 16.1 Å².